The van der Waals surface area contributed by atoms with Gasteiger partial charge in [-0.1, -0.05) is 17.4 Å². The maximum absolute atomic E-state index is 5.71. The largest absolute Gasteiger partial charge is 0.493 e. The molecule has 0 aliphatic heterocycles. The number of thiazole rings is 1. The van der Waals surface area contributed by atoms with E-state index in [1.807, 2.05) is 25.1 Å². The van der Waals surface area contributed by atoms with Crippen molar-refractivity contribution in [2.24, 2.45) is 0 Å². The first-order valence-corrected chi connectivity index (χ1v) is 5.93. The van der Waals surface area contributed by atoms with E-state index >= 15 is 0 Å². The molecular weight excluding hydrogens is 236 g/mol. The van der Waals surface area contributed by atoms with Crippen molar-refractivity contribution >= 4 is 16.5 Å². The van der Waals surface area contributed by atoms with Crippen LogP contribution in [-0.2, 0) is 0 Å². The molecule has 0 amide bonds. The quantitative estimate of drug-likeness (QED) is 0.910. The monoisotopic (exact) mass is 250 g/mol. The van der Waals surface area contributed by atoms with E-state index in [4.69, 9.17) is 15.2 Å². The summed E-state index contributed by atoms with van der Waals surface area (Å²) in [5.41, 5.74) is 7.57. The van der Waals surface area contributed by atoms with Crippen molar-refractivity contribution in [1.29, 1.82) is 0 Å². The smallest absolute Gasteiger partial charge is 0.180 e. The second-order valence-corrected chi connectivity index (χ2v) is 4.54. The Balaban J connectivity index is 2.62. The number of nitrogens with zero attached hydrogens (tertiary/aromatic N) is 1. The van der Waals surface area contributed by atoms with Gasteiger partial charge in [0, 0.05) is 5.56 Å². The summed E-state index contributed by atoms with van der Waals surface area (Å²) in [6, 6.07) is 5.76. The molecule has 4 nitrogen and oxygen atoms in total. The highest BCUT2D eigenvalue weighted by atomic mass is 32.1. The molecule has 0 saturated carbocycles. The molecule has 17 heavy (non-hydrogen) atoms. The minimum atomic E-state index is 0.558. The number of para-hydroxylation sites is 1. The van der Waals surface area contributed by atoms with E-state index in [0.717, 1.165) is 16.1 Å². The number of anilines is 1. The molecule has 0 saturated heterocycles. The lowest BCUT2D eigenvalue weighted by molar-refractivity contribution is 0.356. The molecule has 2 N–H and O–H groups in total. The van der Waals surface area contributed by atoms with Crippen molar-refractivity contribution < 1.29 is 9.47 Å². The Hall–Kier alpha value is -1.75. The Morgan fingerprint density at radius 3 is 2.53 bits per heavy atom. The highest BCUT2D eigenvalue weighted by molar-refractivity contribution is 7.18. The van der Waals surface area contributed by atoms with Gasteiger partial charge >= 0.3 is 0 Å². The van der Waals surface area contributed by atoms with Crippen LogP contribution in [-0.4, -0.2) is 19.2 Å². The number of methoxy groups -OCH3 is 2. The molecule has 1 aromatic carbocycles. The van der Waals surface area contributed by atoms with Crippen molar-refractivity contribution in [2.45, 2.75) is 6.92 Å². The SMILES string of the molecule is COc1cccc(-c2sc(N)nc2C)c1OC. The van der Waals surface area contributed by atoms with Gasteiger partial charge in [0.1, 0.15) is 0 Å². The second-order valence-electron chi connectivity index (χ2n) is 3.51. The Morgan fingerprint density at radius 1 is 1.24 bits per heavy atom. The summed E-state index contributed by atoms with van der Waals surface area (Å²) in [5, 5.41) is 0.558. The van der Waals surface area contributed by atoms with E-state index in [2.05, 4.69) is 4.98 Å². The van der Waals surface area contributed by atoms with Crippen LogP contribution in [0.15, 0.2) is 18.2 Å². The van der Waals surface area contributed by atoms with Crippen LogP contribution in [0.5, 0.6) is 11.5 Å². The van der Waals surface area contributed by atoms with E-state index in [1.165, 1.54) is 11.3 Å². The lowest BCUT2D eigenvalue weighted by atomic mass is 10.1. The summed E-state index contributed by atoms with van der Waals surface area (Å²) in [5.74, 6) is 1.41. The van der Waals surface area contributed by atoms with Crippen molar-refractivity contribution in [1.82, 2.24) is 4.98 Å². The van der Waals surface area contributed by atoms with Gasteiger partial charge in [0.2, 0.25) is 0 Å². The molecule has 1 heterocycles. The highest BCUT2D eigenvalue weighted by Crippen LogP contribution is 2.41. The third-order valence-corrected chi connectivity index (χ3v) is 3.48. The Labute approximate surface area is 104 Å². The minimum Gasteiger partial charge on any atom is -0.493 e. The lowest BCUT2D eigenvalue weighted by Gasteiger charge is -2.11. The van der Waals surface area contributed by atoms with Gasteiger partial charge in [0.25, 0.3) is 0 Å². The molecule has 2 aromatic rings. The van der Waals surface area contributed by atoms with Crippen molar-refractivity contribution in [3.63, 3.8) is 0 Å². The number of hydrogen-bond acceptors (Lipinski definition) is 5. The number of nitrogen functional groups attached to an aromatic ring is 1. The predicted molar refractivity (Wildman–Crippen MR) is 69.8 cm³/mol. The fourth-order valence-electron chi connectivity index (χ4n) is 1.73. The summed E-state index contributed by atoms with van der Waals surface area (Å²) < 4.78 is 10.7. The first-order valence-electron chi connectivity index (χ1n) is 5.11. The van der Waals surface area contributed by atoms with E-state index < -0.39 is 0 Å². The normalized spacial score (nSPS) is 10.3. The molecule has 0 aliphatic rings. The molecule has 0 aliphatic carbocycles. The summed E-state index contributed by atoms with van der Waals surface area (Å²) in [4.78, 5) is 5.23. The molecule has 0 radical (unpaired) electrons. The Kier molecular flexibility index (Phi) is 3.19. The summed E-state index contributed by atoms with van der Waals surface area (Å²) >= 11 is 1.45. The molecule has 2 rings (SSSR count). The van der Waals surface area contributed by atoms with E-state index in [9.17, 15) is 0 Å². The second kappa shape index (κ2) is 4.63. The third kappa shape index (κ3) is 2.06. The molecule has 0 spiro atoms. The minimum absolute atomic E-state index is 0.558. The van der Waals surface area contributed by atoms with E-state index in [0.29, 0.717) is 16.6 Å². The lowest BCUT2D eigenvalue weighted by Crippen LogP contribution is -1.92. The van der Waals surface area contributed by atoms with Crippen LogP contribution < -0.4 is 15.2 Å². The van der Waals surface area contributed by atoms with Gasteiger partial charge in [0.15, 0.2) is 16.6 Å². The summed E-state index contributed by atoms with van der Waals surface area (Å²) in [6.45, 7) is 1.93. The van der Waals surface area contributed by atoms with Gasteiger partial charge in [-0.3, -0.25) is 0 Å². The molecule has 0 unspecified atom stereocenters. The van der Waals surface area contributed by atoms with Gasteiger partial charge in [-0.15, -0.1) is 0 Å². The highest BCUT2D eigenvalue weighted by Gasteiger charge is 2.15. The maximum Gasteiger partial charge on any atom is 0.180 e. The van der Waals surface area contributed by atoms with Gasteiger partial charge in [0.05, 0.1) is 24.8 Å². The molecule has 5 heteroatoms. The van der Waals surface area contributed by atoms with Gasteiger partial charge in [-0.05, 0) is 19.1 Å². The van der Waals surface area contributed by atoms with Crippen molar-refractivity contribution in [2.75, 3.05) is 20.0 Å². The first-order chi connectivity index (χ1) is 8.17. The number of nitrogens with two attached hydrogens (primary N) is 1. The predicted octanol–water partition coefficient (Wildman–Crippen LogP) is 2.72. The molecule has 90 valence electrons. The fourth-order valence-corrected chi connectivity index (χ4v) is 2.59. The first kappa shape index (κ1) is 11.7. The number of aryl methyl sites for hydroxylation is 1. The van der Waals surface area contributed by atoms with Gasteiger partial charge in [-0.25, -0.2) is 4.98 Å². The van der Waals surface area contributed by atoms with Crippen LogP contribution in [0.1, 0.15) is 5.69 Å². The zero-order valence-corrected chi connectivity index (χ0v) is 10.8. The van der Waals surface area contributed by atoms with Gasteiger partial charge in [-0.2, -0.15) is 0 Å². The summed E-state index contributed by atoms with van der Waals surface area (Å²) in [6.07, 6.45) is 0. The van der Waals surface area contributed by atoms with Crippen LogP contribution in [0.25, 0.3) is 10.4 Å². The zero-order chi connectivity index (χ0) is 12.4. The van der Waals surface area contributed by atoms with Crippen LogP contribution in [0.4, 0.5) is 5.13 Å². The van der Waals surface area contributed by atoms with E-state index in [-0.39, 0.29) is 0 Å². The van der Waals surface area contributed by atoms with Crippen LogP contribution in [0, 0.1) is 6.92 Å². The average molecular weight is 250 g/mol. The summed E-state index contributed by atoms with van der Waals surface area (Å²) in [7, 11) is 3.25. The number of aromatic nitrogens is 1. The van der Waals surface area contributed by atoms with Crippen LogP contribution in [0.2, 0.25) is 0 Å². The zero-order valence-electron chi connectivity index (χ0n) is 9.98. The molecule has 0 bridgehead atoms. The molecule has 1 aromatic heterocycles. The van der Waals surface area contributed by atoms with E-state index in [1.54, 1.807) is 14.2 Å². The fraction of sp³-hybridized carbons (Fsp3) is 0.250. The van der Waals surface area contributed by atoms with Crippen molar-refractivity contribution in [3.05, 3.63) is 23.9 Å². The van der Waals surface area contributed by atoms with Crippen molar-refractivity contribution in [3.8, 4) is 21.9 Å². The Bertz CT molecular complexity index is 537. The standard InChI is InChI=1S/C12H14N2O2S/c1-7-11(17-12(13)14-7)8-5-4-6-9(15-2)10(8)16-3/h4-6H,1-3H3,(H2,13,14). The molecule has 0 fully saturated rings. The van der Waals surface area contributed by atoms with Crippen LogP contribution >= 0.6 is 11.3 Å². The number of rotatable bonds is 3. The topological polar surface area (TPSA) is 57.4 Å². The molecule has 0 atom stereocenters. The number of benzene rings is 1. The Morgan fingerprint density at radius 2 is 2.00 bits per heavy atom. The van der Waals surface area contributed by atoms with Gasteiger partial charge < -0.3 is 15.2 Å². The number of ether oxygens (including phenoxy) is 2. The van der Waals surface area contributed by atoms with Crippen LogP contribution in [0.3, 0.4) is 0 Å². The molecular formula is C12H14N2O2S. The average Bonchev–Trinajstić information content (AvgIpc) is 2.67. The maximum atomic E-state index is 5.71. The number of hydrogen-bond donors (Lipinski definition) is 1. The third-order valence-electron chi connectivity index (χ3n) is 2.46.